The molecule has 2 N–H and O–H groups in total. The molecule has 0 aliphatic rings. The molecule has 3 rings (SSSR count). The molecular formula is C19H16N2O3S2. The summed E-state index contributed by atoms with van der Waals surface area (Å²) in [5, 5.41) is 19.3. The van der Waals surface area contributed by atoms with Crippen molar-refractivity contribution < 1.29 is 15.0 Å². The number of nitrogens with zero attached hydrogens (tertiary/aromatic N) is 2. The Morgan fingerprint density at radius 3 is 2.50 bits per heavy atom. The van der Waals surface area contributed by atoms with Crippen LogP contribution >= 0.6 is 23.6 Å². The fourth-order valence-electron chi connectivity index (χ4n) is 2.40. The van der Waals surface area contributed by atoms with E-state index in [1.54, 1.807) is 22.9 Å². The Balaban J connectivity index is 1.74. The highest BCUT2D eigenvalue weighted by molar-refractivity contribution is 7.73. The number of carboxylic acid groups (broad SMARTS) is 1. The van der Waals surface area contributed by atoms with Crippen LogP contribution in [-0.2, 0) is 13.0 Å². The Morgan fingerprint density at radius 1 is 1.15 bits per heavy atom. The maximum atomic E-state index is 10.9. The predicted octanol–water partition coefficient (Wildman–Crippen LogP) is 4.68. The van der Waals surface area contributed by atoms with Gasteiger partial charge < -0.3 is 10.2 Å². The minimum atomic E-state index is -0.980. The molecule has 1 heterocycles. The summed E-state index contributed by atoms with van der Waals surface area (Å²) in [4.78, 5) is 15.7. The first kappa shape index (κ1) is 18.0. The Kier molecular flexibility index (Phi) is 5.60. The zero-order valence-electron chi connectivity index (χ0n) is 13.7. The molecule has 0 saturated heterocycles. The van der Waals surface area contributed by atoms with Gasteiger partial charge in [0.25, 0.3) is 0 Å². The lowest BCUT2D eigenvalue weighted by Gasteiger charge is -2.04. The van der Waals surface area contributed by atoms with Crippen molar-refractivity contribution in [2.45, 2.75) is 13.0 Å². The van der Waals surface area contributed by atoms with Crippen molar-refractivity contribution in [2.24, 2.45) is 4.99 Å². The summed E-state index contributed by atoms with van der Waals surface area (Å²) in [6, 6.07) is 16.2. The van der Waals surface area contributed by atoms with Crippen molar-refractivity contribution in [1.82, 2.24) is 4.57 Å². The first-order valence-corrected chi connectivity index (χ1v) is 9.11. The van der Waals surface area contributed by atoms with Gasteiger partial charge in [-0.1, -0.05) is 41.7 Å². The van der Waals surface area contributed by atoms with Crippen molar-refractivity contribution in [1.29, 1.82) is 0 Å². The number of carboxylic acids is 1. The van der Waals surface area contributed by atoms with E-state index in [2.05, 4.69) is 4.99 Å². The van der Waals surface area contributed by atoms with Crippen molar-refractivity contribution in [3.8, 4) is 5.88 Å². The fraction of sp³-hybridized carbons (Fsp3) is 0.105. The van der Waals surface area contributed by atoms with E-state index in [0.29, 0.717) is 21.1 Å². The predicted molar refractivity (Wildman–Crippen MR) is 106 cm³/mol. The van der Waals surface area contributed by atoms with Gasteiger partial charge in [-0.15, -0.1) is 0 Å². The van der Waals surface area contributed by atoms with Crippen molar-refractivity contribution in [3.63, 3.8) is 0 Å². The summed E-state index contributed by atoms with van der Waals surface area (Å²) in [6.07, 6.45) is 2.32. The molecule has 132 valence electrons. The minimum Gasteiger partial charge on any atom is -0.493 e. The van der Waals surface area contributed by atoms with Crippen molar-refractivity contribution in [3.05, 3.63) is 74.6 Å². The van der Waals surface area contributed by atoms with Crippen molar-refractivity contribution >= 4 is 41.4 Å². The summed E-state index contributed by atoms with van der Waals surface area (Å²) >= 11 is 6.63. The van der Waals surface area contributed by atoms with Crippen LogP contribution in [0.5, 0.6) is 5.88 Å². The van der Waals surface area contributed by atoms with E-state index in [1.807, 2.05) is 30.3 Å². The molecule has 26 heavy (non-hydrogen) atoms. The van der Waals surface area contributed by atoms with Crippen LogP contribution in [0.1, 0.15) is 20.8 Å². The molecule has 0 radical (unpaired) electrons. The summed E-state index contributed by atoms with van der Waals surface area (Å²) in [7, 11) is 0. The summed E-state index contributed by atoms with van der Waals surface area (Å²) in [5.41, 5.74) is 1.98. The van der Waals surface area contributed by atoms with Gasteiger partial charge >= 0.3 is 5.97 Å². The highest BCUT2D eigenvalue weighted by atomic mass is 32.1. The van der Waals surface area contributed by atoms with Gasteiger partial charge in [0.05, 0.1) is 17.5 Å². The molecule has 0 atom stereocenters. The number of benzene rings is 2. The van der Waals surface area contributed by atoms with Gasteiger partial charge in [-0.3, -0.25) is 9.56 Å². The number of carbonyl (C=O) groups is 1. The number of aromatic nitrogens is 1. The molecule has 2 aromatic carbocycles. The normalized spacial score (nSPS) is 11.1. The number of aromatic carboxylic acids is 1. The maximum absolute atomic E-state index is 10.9. The van der Waals surface area contributed by atoms with E-state index >= 15 is 0 Å². The lowest BCUT2D eigenvalue weighted by Crippen LogP contribution is -2.00. The second-order valence-corrected chi connectivity index (χ2v) is 7.23. The summed E-state index contributed by atoms with van der Waals surface area (Å²) in [6.45, 7) is 0.590. The van der Waals surface area contributed by atoms with Gasteiger partial charge in [0.1, 0.15) is 4.88 Å². The zero-order chi connectivity index (χ0) is 18.5. The third-order valence-corrected chi connectivity index (χ3v) is 5.18. The molecule has 0 aliphatic carbocycles. The number of aryl methyl sites for hydroxylation is 1. The van der Waals surface area contributed by atoms with Crippen LogP contribution in [0.3, 0.4) is 0 Å². The van der Waals surface area contributed by atoms with Crippen LogP contribution in [-0.4, -0.2) is 27.0 Å². The third-order valence-electron chi connectivity index (χ3n) is 3.81. The zero-order valence-corrected chi connectivity index (χ0v) is 15.3. The monoisotopic (exact) mass is 384 g/mol. The average molecular weight is 384 g/mol. The van der Waals surface area contributed by atoms with Gasteiger partial charge in [0.2, 0.25) is 5.88 Å². The second-order valence-electron chi connectivity index (χ2n) is 5.55. The molecule has 3 aromatic rings. The Hall–Kier alpha value is -2.77. The first-order valence-electron chi connectivity index (χ1n) is 7.88. The number of hydrogen-bond donors (Lipinski definition) is 2. The lowest BCUT2D eigenvalue weighted by molar-refractivity contribution is 0.0697. The Morgan fingerprint density at radius 2 is 1.85 bits per heavy atom. The number of aromatic hydroxyl groups is 1. The lowest BCUT2D eigenvalue weighted by atomic mass is 10.1. The molecule has 0 amide bonds. The molecule has 0 aliphatic heterocycles. The van der Waals surface area contributed by atoms with Crippen LogP contribution in [0, 0.1) is 3.95 Å². The molecule has 0 unspecified atom stereocenters. The molecule has 0 saturated carbocycles. The number of rotatable bonds is 6. The van der Waals surface area contributed by atoms with Gasteiger partial charge in [0.15, 0.2) is 3.95 Å². The number of aliphatic imine (C=N–C) groups is 1. The summed E-state index contributed by atoms with van der Waals surface area (Å²) in [5.74, 6) is -0.881. The minimum absolute atomic E-state index is 0.0989. The Labute approximate surface area is 159 Å². The van der Waals surface area contributed by atoms with Crippen LogP contribution in [0.25, 0.3) is 0 Å². The van der Waals surface area contributed by atoms with E-state index in [1.165, 1.54) is 29.0 Å². The summed E-state index contributed by atoms with van der Waals surface area (Å²) < 4.78 is 2.28. The number of hydrogen-bond acceptors (Lipinski definition) is 5. The second kappa shape index (κ2) is 8.07. The molecule has 0 bridgehead atoms. The first-order chi connectivity index (χ1) is 12.5. The van der Waals surface area contributed by atoms with Gasteiger partial charge in [0, 0.05) is 6.54 Å². The van der Waals surface area contributed by atoms with E-state index < -0.39 is 5.97 Å². The largest absolute Gasteiger partial charge is 0.493 e. The SMILES string of the molecule is O=C(O)c1ccc(N=Cc2sc(=S)n(CCc3ccccc3)c2O)cc1. The van der Waals surface area contributed by atoms with Crippen LogP contribution in [0.15, 0.2) is 59.6 Å². The van der Waals surface area contributed by atoms with Gasteiger partial charge in [-0.25, -0.2) is 4.79 Å². The van der Waals surface area contributed by atoms with E-state index in [0.717, 1.165) is 6.42 Å². The van der Waals surface area contributed by atoms with Gasteiger partial charge in [-0.2, -0.15) is 0 Å². The molecule has 0 spiro atoms. The molecule has 1 aromatic heterocycles. The van der Waals surface area contributed by atoms with Crippen LogP contribution in [0.2, 0.25) is 0 Å². The Bertz CT molecular complexity index is 990. The van der Waals surface area contributed by atoms with Crippen LogP contribution in [0.4, 0.5) is 5.69 Å². The molecule has 0 fully saturated rings. The van der Waals surface area contributed by atoms with E-state index in [4.69, 9.17) is 17.3 Å². The third kappa shape index (κ3) is 4.25. The van der Waals surface area contributed by atoms with Crippen LogP contribution < -0.4 is 0 Å². The standard InChI is InChI=1S/C19H16N2O3S2/c22-17-16(12-20-15-8-6-14(7-9-15)18(23)24)26-19(25)21(17)11-10-13-4-2-1-3-5-13/h1-9,12,22H,10-11H2,(H,23,24). The van der Waals surface area contributed by atoms with E-state index in [-0.39, 0.29) is 11.4 Å². The molecular weight excluding hydrogens is 368 g/mol. The maximum Gasteiger partial charge on any atom is 0.335 e. The highest BCUT2D eigenvalue weighted by Crippen LogP contribution is 2.25. The average Bonchev–Trinajstić information content (AvgIpc) is 2.92. The smallest absolute Gasteiger partial charge is 0.335 e. The highest BCUT2D eigenvalue weighted by Gasteiger charge is 2.10. The fourth-order valence-corrected chi connectivity index (χ4v) is 3.63. The quantitative estimate of drug-likeness (QED) is 0.478. The van der Waals surface area contributed by atoms with E-state index in [9.17, 15) is 9.90 Å². The molecule has 7 heteroatoms. The topological polar surface area (TPSA) is 74.8 Å². The van der Waals surface area contributed by atoms with Gasteiger partial charge in [-0.05, 0) is 48.5 Å². The number of thiazole rings is 1. The van der Waals surface area contributed by atoms with Crippen molar-refractivity contribution in [2.75, 3.05) is 0 Å². The molecule has 5 nitrogen and oxygen atoms in total.